The number of ether oxygens (including phenoxy) is 2. The molecule has 12 nitrogen and oxygen atoms in total. The molecule has 2 amide bonds. The molecule has 0 spiro atoms. The Morgan fingerprint density at radius 1 is 0.927 bits per heavy atom. The summed E-state index contributed by atoms with van der Waals surface area (Å²) >= 11 is 0. The summed E-state index contributed by atoms with van der Waals surface area (Å²) in [6.07, 6.45) is 4.13. The highest BCUT2D eigenvalue weighted by Crippen LogP contribution is 2.35. The monoisotopic (exact) mass is 750 g/mol. The van der Waals surface area contributed by atoms with E-state index in [4.69, 9.17) is 13.9 Å². The lowest BCUT2D eigenvalue weighted by Gasteiger charge is -2.28. The third-order valence-corrected chi connectivity index (χ3v) is 9.33. The summed E-state index contributed by atoms with van der Waals surface area (Å²) in [7, 11) is 0. The van der Waals surface area contributed by atoms with Crippen LogP contribution >= 0.6 is 0 Å². The van der Waals surface area contributed by atoms with Gasteiger partial charge in [0.1, 0.15) is 28.4 Å². The van der Waals surface area contributed by atoms with E-state index in [2.05, 4.69) is 19.9 Å². The average Bonchev–Trinajstić information content (AvgIpc) is 3.88. The Hall–Kier alpha value is -5.72. The van der Waals surface area contributed by atoms with Gasteiger partial charge in [-0.3, -0.25) is 9.69 Å². The van der Waals surface area contributed by atoms with Crippen LogP contribution in [-0.2, 0) is 16.0 Å². The number of H-pyrrole nitrogens is 2. The van der Waals surface area contributed by atoms with Crippen molar-refractivity contribution < 1.29 is 27.9 Å². The molecule has 6 aromatic rings. The Balaban J connectivity index is 1.18. The Bertz CT molecular complexity index is 2490. The van der Waals surface area contributed by atoms with E-state index in [1.807, 2.05) is 61.5 Å². The summed E-state index contributed by atoms with van der Waals surface area (Å²) in [5, 5.41) is 1.23. The minimum absolute atomic E-state index is 0.114. The van der Waals surface area contributed by atoms with Gasteiger partial charge in [0.15, 0.2) is 11.4 Å². The zero-order chi connectivity index (χ0) is 39.4. The van der Waals surface area contributed by atoms with Crippen molar-refractivity contribution in [3.63, 3.8) is 0 Å². The number of aromatic nitrogens is 4. The van der Waals surface area contributed by atoms with E-state index in [-0.39, 0.29) is 52.0 Å². The van der Waals surface area contributed by atoms with Gasteiger partial charge in [0.25, 0.3) is 0 Å². The zero-order valence-corrected chi connectivity index (χ0v) is 32.5. The summed E-state index contributed by atoms with van der Waals surface area (Å²) in [5.41, 5.74) is 1.28. The van der Waals surface area contributed by atoms with Crippen LogP contribution in [0.2, 0.25) is 0 Å². The van der Waals surface area contributed by atoms with E-state index in [1.54, 1.807) is 58.6 Å². The van der Waals surface area contributed by atoms with Crippen molar-refractivity contribution in [2.24, 2.45) is 5.92 Å². The topological polar surface area (TPSA) is 147 Å². The number of halogens is 1. The molecule has 4 heterocycles. The minimum atomic E-state index is -0.637. The Morgan fingerprint density at radius 3 is 2.35 bits per heavy atom. The van der Waals surface area contributed by atoms with E-state index in [0.29, 0.717) is 52.5 Å². The number of hydrogen-bond donors (Lipinski definition) is 2. The van der Waals surface area contributed by atoms with Crippen LogP contribution in [0.15, 0.2) is 64.1 Å². The second kappa shape index (κ2) is 14.2. The van der Waals surface area contributed by atoms with Gasteiger partial charge in [-0.2, -0.15) is 0 Å². The summed E-state index contributed by atoms with van der Waals surface area (Å²) in [6, 6.07) is 11.8. The fourth-order valence-electron chi connectivity index (χ4n) is 6.98. The number of fused-ring (bicyclic) bond motifs is 3. The van der Waals surface area contributed by atoms with E-state index in [9.17, 15) is 14.4 Å². The first-order valence-corrected chi connectivity index (χ1v) is 18.6. The molecule has 3 aromatic heterocycles. The van der Waals surface area contributed by atoms with Gasteiger partial charge in [0.2, 0.25) is 5.43 Å². The molecular weight excluding hydrogens is 703 g/mol. The normalized spacial score (nSPS) is 15.1. The van der Waals surface area contributed by atoms with Crippen molar-refractivity contribution >= 4 is 44.9 Å². The SMILES string of the molecule is CC(C)CN(Cc1ncc(-c2ccc3oc4c(F)c5ccc(-c6cnc([C@@H]7CCCN7C(=O)OC(C)(C)C)[nH]6)cc5cc4c(=O)c3c2)[nH]1)C(=O)OC(C)(C)C. The van der Waals surface area contributed by atoms with Crippen molar-refractivity contribution in [1.82, 2.24) is 29.7 Å². The first-order chi connectivity index (χ1) is 25.9. The number of rotatable bonds is 7. The third kappa shape index (κ3) is 7.92. The third-order valence-electron chi connectivity index (χ3n) is 9.33. The van der Waals surface area contributed by atoms with Gasteiger partial charge in [0, 0.05) is 29.6 Å². The van der Waals surface area contributed by atoms with Crippen molar-refractivity contribution in [3.8, 4) is 22.5 Å². The maximum Gasteiger partial charge on any atom is 0.410 e. The lowest BCUT2D eigenvalue weighted by molar-refractivity contribution is 0.0201. The number of nitrogens with zero attached hydrogens (tertiary/aromatic N) is 4. The van der Waals surface area contributed by atoms with Crippen LogP contribution in [0.1, 0.15) is 85.9 Å². The first kappa shape index (κ1) is 37.6. The van der Waals surface area contributed by atoms with Gasteiger partial charge >= 0.3 is 12.2 Å². The highest BCUT2D eigenvalue weighted by atomic mass is 19.1. The molecule has 0 unspecified atom stereocenters. The molecule has 1 fully saturated rings. The maximum atomic E-state index is 16.1. The number of carbonyl (C=O) groups excluding carboxylic acids is 2. The number of benzene rings is 3. The Morgan fingerprint density at radius 2 is 1.62 bits per heavy atom. The quantitative estimate of drug-likeness (QED) is 0.153. The first-order valence-electron chi connectivity index (χ1n) is 18.6. The molecule has 0 radical (unpaired) electrons. The molecule has 0 bridgehead atoms. The average molecular weight is 751 g/mol. The van der Waals surface area contributed by atoms with Crippen LogP contribution in [-0.4, -0.2) is 66.2 Å². The fraction of sp³-hybridized carbons (Fsp3) is 0.405. The Labute approximate surface area is 318 Å². The molecule has 0 aliphatic carbocycles. The van der Waals surface area contributed by atoms with E-state index in [0.717, 1.165) is 18.4 Å². The number of amides is 2. The zero-order valence-electron chi connectivity index (χ0n) is 32.5. The summed E-state index contributed by atoms with van der Waals surface area (Å²) < 4.78 is 33.4. The summed E-state index contributed by atoms with van der Waals surface area (Å²) in [4.78, 5) is 58.9. The number of carbonyl (C=O) groups is 2. The van der Waals surface area contributed by atoms with Gasteiger partial charge in [-0.25, -0.2) is 23.9 Å². The standard InChI is InChI=1S/C42H47FN6O6/c1-23(2)21-48(39(51)54-41(3,4)5)22-34-44-19-30(46-34)25-12-14-33-28(17-25)36(50)29-18-26-16-24(11-13-27(26)35(43)37(29)53-33)31-20-45-38(47-31)32-10-9-15-49(32)40(52)55-42(6,7)8/h11-14,16-20,23,32H,9-10,15,21-22H2,1-8H3,(H,44,46)(H,45,47)/t32-/m0/s1. The van der Waals surface area contributed by atoms with Crippen molar-refractivity contribution in [2.45, 2.75) is 92.0 Å². The van der Waals surface area contributed by atoms with Crippen molar-refractivity contribution in [1.29, 1.82) is 0 Å². The van der Waals surface area contributed by atoms with E-state index < -0.39 is 23.1 Å². The second-order valence-electron chi connectivity index (χ2n) is 16.7. The lowest BCUT2D eigenvalue weighted by atomic mass is 10.0. The molecule has 3 aromatic carbocycles. The van der Waals surface area contributed by atoms with Crippen LogP contribution < -0.4 is 5.43 Å². The van der Waals surface area contributed by atoms with Gasteiger partial charge in [-0.05, 0) is 96.0 Å². The number of nitrogens with one attached hydrogen (secondary N) is 2. The predicted molar refractivity (Wildman–Crippen MR) is 209 cm³/mol. The lowest BCUT2D eigenvalue weighted by Crippen LogP contribution is -2.38. The summed E-state index contributed by atoms with van der Waals surface area (Å²) in [6.45, 7) is 16.3. The molecule has 1 aliphatic heterocycles. The minimum Gasteiger partial charge on any atom is -0.453 e. The van der Waals surface area contributed by atoms with E-state index in [1.165, 1.54) is 0 Å². The highest BCUT2D eigenvalue weighted by molar-refractivity contribution is 6.01. The molecular formula is C42H47FN6O6. The second-order valence-corrected chi connectivity index (χ2v) is 16.7. The predicted octanol–water partition coefficient (Wildman–Crippen LogP) is 9.48. The molecule has 0 saturated carbocycles. The summed E-state index contributed by atoms with van der Waals surface area (Å²) in [5.74, 6) is 0.792. The molecule has 288 valence electrons. The molecule has 13 heteroatoms. The number of hydrogen-bond acceptors (Lipinski definition) is 8. The van der Waals surface area contributed by atoms with Crippen LogP contribution in [0, 0.1) is 11.7 Å². The molecule has 55 heavy (non-hydrogen) atoms. The molecule has 2 N–H and O–H groups in total. The van der Waals surface area contributed by atoms with Gasteiger partial charge in [0.05, 0.1) is 47.1 Å². The maximum absolute atomic E-state index is 16.1. The van der Waals surface area contributed by atoms with Crippen LogP contribution in [0.4, 0.5) is 14.0 Å². The van der Waals surface area contributed by atoms with Crippen molar-refractivity contribution in [2.75, 3.05) is 13.1 Å². The van der Waals surface area contributed by atoms with Gasteiger partial charge < -0.3 is 28.8 Å². The van der Waals surface area contributed by atoms with Gasteiger partial charge in [-0.1, -0.05) is 26.0 Å². The van der Waals surface area contributed by atoms with E-state index >= 15 is 4.39 Å². The Kier molecular flexibility index (Phi) is 9.68. The van der Waals surface area contributed by atoms with Crippen LogP contribution in [0.5, 0.6) is 0 Å². The van der Waals surface area contributed by atoms with Crippen LogP contribution in [0.25, 0.3) is 55.2 Å². The molecule has 1 atom stereocenters. The molecule has 7 rings (SSSR count). The number of aromatic amines is 2. The number of imidazole rings is 2. The smallest absolute Gasteiger partial charge is 0.410 e. The molecule has 1 saturated heterocycles. The van der Waals surface area contributed by atoms with Crippen molar-refractivity contribution in [3.05, 3.63) is 82.5 Å². The number of likely N-dealkylation sites (tertiary alicyclic amines) is 1. The van der Waals surface area contributed by atoms with Gasteiger partial charge in [-0.15, -0.1) is 0 Å². The van der Waals surface area contributed by atoms with Crippen LogP contribution in [0.3, 0.4) is 0 Å². The molecule has 1 aliphatic rings. The highest BCUT2D eigenvalue weighted by Gasteiger charge is 2.35. The largest absolute Gasteiger partial charge is 0.453 e. The fourth-order valence-corrected chi connectivity index (χ4v) is 6.98.